The van der Waals surface area contributed by atoms with Gasteiger partial charge in [-0.3, -0.25) is 14.4 Å². The lowest BCUT2D eigenvalue weighted by molar-refractivity contribution is -0.144. The molecule has 0 N–H and O–H groups in total. The Kier molecular flexibility index (Phi) is 8.20. The number of aromatic nitrogens is 2. The number of aryl methyl sites for hydroxylation is 1. The van der Waals surface area contributed by atoms with Crippen molar-refractivity contribution in [2.24, 2.45) is 0 Å². The first-order valence-corrected chi connectivity index (χ1v) is 13.5. The molecule has 2 saturated heterocycles. The molecule has 40 heavy (non-hydrogen) atoms. The molecule has 4 heterocycles. The third kappa shape index (κ3) is 5.74. The molecule has 0 aliphatic carbocycles. The first-order chi connectivity index (χ1) is 19.4. The average Bonchev–Trinajstić information content (AvgIpc) is 3.58. The van der Waals surface area contributed by atoms with E-state index in [1.165, 1.54) is 10.9 Å². The number of likely N-dealkylation sites (tertiary alicyclic amines) is 1. The Morgan fingerprint density at radius 3 is 2.60 bits per heavy atom. The number of nitrogens with zero attached hydrogens (tertiary/aromatic N) is 5. The summed E-state index contributed by atoms with van der Waals surface area (Å²) in [7, 11) is 3.45. The number of amides is 2. The van der Waals surface area contributed by atoms with E-state index in [1.54, 1.807) is 29.9 Å². The maximum Gasteiger partial charge on any atom is 0.283 e. The highest BCUT2D eigenvalue weighted by atomic mass is 16.5. The van der Waals surface area contributed by atoms with Gasteiger partial charge in [0.05, 0.1) is 32.4 Å². The van der Waals surface area contributed by atoms with Crippen LogP contribution in [0.1, 0.15) is 46.1 Å². The molecule has 5 rings (SSSR count). The number of methoxy groups -OCH3 is 1. The van der Waals surface area contributed by atoms with E-state index in [0.29, 0.717) is 74.4 Å². The zero-order valence-corrected chi connectivity index (χ0v) is 23.2. The maximum absolute atomic E-state index is 13.7. The molecule has 2 aromatic heterocycles. The number of rotatable bonds is 8. The van der Waals surface area contributed by atoms with E-state index in [4.69, 9.17) is 19.0 Å². The molecule has 212 valence electrons. The predicted molar refractivity (Wildman–Crippen MR) is 146 cm³/mol. The number of carbonyl (C=O) groups excluding carboxylic acids is 3. The molecule has 2 aliphatic rings. The summed E-state index contributed by atoms with van der Waals surface area (Å²) >= 11 is 0. The topological polar surface area (TPSA) is 110 Å². The van der Waals surface area contributed by atoms with Crippen molar-refractivity contribution in [2.45, 2.75) is 32.2 Å². The number of benzene rings is 1. The van der Waals surface area contributed by atoms with Crippen LogP contribution >= 0.6 is 0 Å². The minimum atomic E-state index is -0.345. The summed E-state index contributed by atoms with van der Waals surface area (Å²) in [5.41, 5.74) is 2.02. The first-order valence-electron chi connectivity index (χ1n) is 13.5. The molecule has 2 aliphatic heterocycles. The first kappa shape index (κ1) is 27.4. The van der Waals surface area contributed by atoms with Gasteiger partial charge >= 0.3 is 0 Å². The van der Waals surface area contributed by atoms with Crippen LogP contribution in [0.5, 0.6) is 5.75 Å². The van der Waals surface area contributed by atoms with Gasteiger partial charge in [0.15, 0.2) is 11.6 Å². The second-order valence-electron chi connectivity index (χ2n) is 10.2. The molecule has 3 aromatic rings. The molecule has 11 nitrogen and oxygen atoms in total. The monoisotopic (exact) mass is 549 g/mol. The lowest BCUT2D eigenvalue weighted by Crippen LogP contribution is -2.49. The van der Waals surface area contributed by atoms with Crippen molar-refractivity contribution in [3.05, 3.63) is 65.2 Å². The molecule has 1 aromatic carbocycles. The summed E-state index contributed by atoms with van der Waals surface area (Å²) in [6, 6.07) is 11.6. The van der Waals surface area contributed by atoms with Crippen LogP contribution < -0.4 is 9.64 Å². The fraction of sp³-hybridized carbons (Fsp3) is 0.448. The van der Waals surface area contributed by atoms with Crippen LogP contribution in [0.25, 0.3) is 0 Å². The van der Waals surface area contributed by atoms with Gasteiger partial charge in [-0.2, -0.15) is 9.78 Å². The molecular weight excluding hydrogens is 514 g/mol. The summed E-state index contributed by atoms with van der Waals surface area (Å²) < 4.78 is 18.0. The number of anilines is 1. The third-order valence-corrected chi connectivity index (χ3v) is 7.42. The van der Waals surface area contributed by atoms with Crippen molar-refractivity contribution in [2.75, 3.05) is 58.5 Å². The lowest BCUT2D eigenvalue weighted by atomic mass is 9.93. The van der Waals surface area contributed by atoms with E-state index in [1.807, 2.05) is 42.3 Å². The van der Waals surface area contributed by atoms with Crippen LogP contribution in [0.2, 0.25) is 0 Å². The molecule has 2 amide bonds. The smallest absolute Gasteiger partial charge is 0.283 e. The van der Waals surface area contributed by atoms with Gasteiger partial charge in [0.2, 0.25) is 11.8 Å². The zero-order valence-electron chi connectivity index (χ0n) is 23.2. The van der Waals surface area contributed by atoms with E-state index < -0.39 is 0 Å². The maximum atomic E-state index is 13.7. The predicted octanol–water partition coefficient (Wildman–Crippen LogP) is 2.68. The molecule has 0 spiro atoms. The standard InChI is InChI=1S/C29H35N5O6/c1-20-15-23(19-40-20)29(37)34-28(31(2)16-21-7-5-4-6-8-21)27(38-3)26(30-34)22-9-10-24(35)33(17-22)18-25(36)32-11-13-39-14-12-32/h4-8,15,19,22H,9-14,16-18H2,1-3H3. The molecule has 2 fully saturated rings. The number of hydrogen-bond acceptors (Lipinski definition) is 8. The average molecular weight is 550 g/mol. The fourth-order valence-corrected chi connectivity index (χ4v) is 5.33. The van der Waals surface area contributed by atoms with Gasteiger partial charge in [0, 0.05) is 45.6 Å². The minimum Gasteiger partial charge on any atom is -0.491 e. The van der Waals surface area contributed by atoms with Gasteiger partial charge in [0.25, 0.3) is 5.91 Å². The van der Waals surface area contributed by atoms with Gasteiger partial charge in [0.1, 0.15) is 17.7 Å². The SMILES string of the molecule is COc1c(C2CCC(=O)N(CC(=O)N3CCOCC3)C2)nn(C(=O)c2coc(C)c2)c1N(C)Cc1ccccc1. The van der Waals surface area contributed by atoms with Gasteiger partial charge in [-0.05, 0) is 25.0 Å². The van der Waals surface area contributed by atoms with Gasteiger partial charge < -0.3 is 28.6 Å². The second-order valence-corrected chi connectivity index (χ2v) is 10.2. The fourth-order valence-electron chi connectivity index (χ4n) is 5.33. The van der Waals surface area contributed by atoms with Gasteiger partial charge in [-0.1, -0.05) is 30.3 Å². The summed E-state index contributed by atoms with van der Waals surface area (Å²) in [5, 5.41) is 4.79. The van der Waals surface area contributed by atoms with Crippen molar-refractivity contribution in [1.29, 1.82) is 0 Å². The Bertz CT molecular complexity index is 1360. The van der Waals surface area contributed by atoms with Crippen LogP contribution in [-0.2, 0) is 20.9 Å². The minimum absolute atomic E-state index is 0.00630. The Hall–Kier alpha value is -4.12. The van der Waals surface area contributed by atoms with E-state index in [0.717, 1.165) is 5.56 Å². The summed E-state index contributed by atoms with van der Waals surface area (Å²) in [4.78, 5) is 44.7. The van der Waals surface area contributed by atoms with E-state index in [-0.39, 0.29) is 36.6 Å². The number of hydrogen-bond donors (Lipinski definition) is 0. The Labute approximate surface area is 233 Å². The quantitative estimate of drug-likeness (QED) is 0.422. The molecular formula is C29H35N5O6. The molecule has 0 radical (unpaired) electrons. The van der Waals surface area contributed by atoms with Crippen molar-refractivity contribution in [1.82, 2.24) is 19.6 Å². The van der Waals surface area contributed by atoms with E-state index >= 15 is 0 Å². The number of piperidine rings is 1. The van der Waals surface area contributed by atoms with Gasteiger partial charge in [-0.15, -0.1) is 0 Å². The van der Waals surface area contributed by atoms with E-state index in [2.05, 4.69) is 0 Å². The number of morpholine rings is 1. The van der Waals surface area contributed by atoms with Crippen molar-refractivity contribution in [3.8, 4) is 5.75 Å². The second kappa shape index (κ2) is 12.0. The summed E-state index contributed by atoms with van der Waals surface area (Å²) in [5.74, 6) is 0.889. The van der Waals surface area contributed by atoms with Crippen LogP contribution in [0.15, 0.2) is 47.1 Å². The summed E-state index contributed by atoms with van der Waals surface area (Å²) in [6.45, 7) is 4.66. The largest absolute Gasteiger partial charge is 0.491 e. The normalized spacial score (nSPS) is 17.7. The molecule has 11 heteroatoms. The van der Waals surface area contributed by atoms with Gasteiger partial charge in [-0.25, -0.2) is 0 Å². The highest BCUT2D eigenvalue weighted by molar-refractivity contribution is 5.98. The number of carbonyl (C=O) groups is 3. The molecule has 1 atom stereocenters. The third-order valence-electron chi connectivity index (χ3n) is 7.42. The Morgan fingerprint density at radius 1 is 1.18 bits per heavy atom. The highest BCUT2D eigenvalue weighted by Gasteiger charge is 2.36. The van der Waals surface area contributed by atoms with Crippen LogP contribution in [-0.4, -0.2) is 90.9 Å². The number of furan rings is 1. The Morgan fingerprint density at radius 2 is 1.93 bits per heavy atom. The lowest BCUT2D eigenvalue weighted by Gasteiger charge is -2.34. The Balaban J connectivity index is 1.46. The number of ether oxygens (including phenoxy) is 2. The van der Waals surface area contributed by atoms with Crippen molar-refractivity contribution < 1.29 is 28.3 Å². The zero-order chi connectivity index (χ0) is 28.2. The van der Waals surface area contributed by atoms with Crippen LogP contribution in [0.4, 0.5) is 5.82 Å². The molecule has 0 bridgehead atoms. The van der Waals surface area contributed by atoms with E-state index in [9.17, 15) is 14.4 Å². The highest BCUT2D eigenvalue weighted by Crippen LogP contribution is 2.40. The van der Waals surface area contributed by atoms with Crippen molar-refractivity contribution >= 4 is 23.5 Å². The van der Waals surface area contributed by atoms with Crippen LogP contribution in [0.3, 0.4) is 0 Å². The summed E-state index contributed by atoms with van der Waals surface area (Å²) in [6.07, 6.45) is 2.24. The van der Waals surface area contributed by atoms with Crippen molar-refractivity contribution in [3.63, 3.8) is 0 Å². The molecule has 0 saturated carbocycles. The van der Waals surface area contributed by atoms with Crippen LogP contribution in [0, 0.1) is 6.92 Å². The molecule has 1 unspecified atom stereocenters.